The predicted molar refractivity (Wildman–Crippen MR) is 69.4 cm³/mol. The normalized spacial score (nSPS) is 46.1. The topological polar surface area (TPSA) is 75.7 Å². The molecular formula is C11H22NO7P. The second kappa shape index (κ2) is 6.37. The van der Waals surface area contributed by atoms with E-state index in [0.29, 0.717) is 6.54 Å². The molecule has 2 saturated heterocycles. The number of fused-ring (bicyclic) bond motifs is 1. The molecule has 0 aliphatic carbocycles. The third kappa shape index (κ3) is 2.67. The van der Waals surface area contributed by atoms with Crippen molar-refractivity contribution in [1.82, 2.24) is 4.67 Å². The van der Waals surface area contributed by atoms with Crippen LogP contribution in [0.1, 0.15) is 0 Å². The van der Waals surface area contributed by atoms with E-state index in [1.54, 1.807) is 14.2 Å². The van der Waals surface area contributed by atoms with Gasteiger partial charge in [-0.25, -0.2) is 9.24 Å². The molecule has 8 nitrogen and oxygen atoms in total. The summed E-state index contributed by atoms with van der Waals surface area (Å²) in [4.78, 5) is 0. The fourth-order valence-corrected chi connectivity index (χ4v) is 4.09. The van der Waals surface area contributed by atoms with Crippen LogP contribution in [0.4, 0.5) is 0 Å². The van der Waals surface area contributed by atoms with E-state index in [1.165, 1.54) is 26.0 Å². The van der Waals surface area contributed by atoms with Gasteiger partial charge in [0, 0.05) is 35.0 Å². The second-order valence-electron chi connectivity index (χ2n) is 4.74. The summed E-state index contributed by atoms with van der Waals surface area (Å²) >= 11 is 0. The van der Waals surface area contributed by atoms with Crippen molar-refractivity contribution < 1.29 is 32.6 Å². The van der Waals surface area contributed by atoms with E-state index < -0.39 is 32.3 Å². The highest BCUT2D eigenvalue weighted by Gasteiger charge is 2.54. The minimum absolute atomic E-state index is 0.335. The lowest BCUT2D eigenvalue weighted by atomic mass is 9.98. The summed E-state index contributed by atoms with van der Waals surface area (Å²) in [6.07, 6.45) is -2.37. The molecule has 2 aliphatic rings. The van der Waals surface area contributed by atoms with Crippen molar-refractivity contribution in [2.45, 2.75) is 30.7 Å². The number of hydrogen-bond donors (Lipinski definition) is 0. The van der Waals surface area contributed by atoms with Crippen LogP contribution in [0.25, 0.3) is 0 Å². The number of methoxy groups -OCH3 is 3. The average Bonchev–Trinajstić information content (AvgIpc) is 2.46. The Labute approximate surface area is 118 Å². The van der Waals surface area contributed by atoms with Gasteiger partial charge in [-0.05, 0) is 7.05 Å². The summed E-state index contributed by atoms with van der Waals surface area (Å²) in [6.45, 7) is 0.395. The first-order chi connectivity index (χ1) is 9.50. The van der Waals surface area contributed by atoms with Gasteiger partial charge in [-0.3, -0.25) is 9.05 Å². The summed E-state index contributed by atoms with van der Waals surface area (Å²) in [5.41, 5.74) is 0. The molecule has 0 aromatic heterocycles. The molecule has 0 spiro atoms. The zero-order chi connectivity index (χ0) is 14.9. The Bertz CT molecular complexity index is 382. The van der Waals surface area contributed by atoms with E-state index in [2.05, 4.69) is 0 Å². The van der Waals surface area contributed by atoms with E-state index in [4.69, 9.17) is 28.0 Å². The van der Waals surface area contributed by atoms with Crippen LogP contribution in [0.15, 0.2) is 0 Å². The summed E-state index contributed by atoms with van der Waals surface area (Å²) < 4.78 is 46.6. The summed E-state index contributed by atoms with van der Waals surface area (Å²) in [6, 6.07) is 0. The number of nitrogens with zero attached hydrogens (tertiary/aromatic N) is 1. The SMILES string of the molecule is CO[C@H]1O[C@@H]2CN(C)[P@@](=O)(OC)O[C@H]2[C@H](OC)[C@H]1OC. The summed E-state index contributed by atoms with van der Waals surface area (Å²) in [5.74, 6) is 0. The largest absolute Gasteiger partial charge is 0.408 e. The van der Waals surface area contributed by atoms with Crippen molar-refractivity contribution in [3.05, 3.63) is 0 Å². The molecule has 6 atom stereocenters. The van der Waals surface area contributed by atoms with Crippen molar-refractivity contribution >= 4 is 7.75 Å². The van der Waals surface area contributed by atoms with Gasteiger partial charge in [-0.2, -0.15) is 0 Å². The van der Waals surface area contributed by atoms with Crippen LogP contribution in [0.5, 0.6) is 0 Å². The third-order valence-corrected chi connectivity index (χ3v) is 5.69. The molecular weight excluding hydrogens is 289 g/mol. The standard InChI is InChI=1S/C11H22NO7P/c1-12-6-7-8(19-20(12,13)17-5)9(14-2)10(15-3)11(16-4)18-7/h7-11H,6H2,1-5H3/t7-,8-,9+,10-,11+,20-/m1/s1. The molecule has 20 heavy (non-hydrogen) atoms. The molecule has 9 heteroatoms. The lowest BCUT2D eigenvalue weighted by Crippen LogP contribution is -2.63. The Balaban J connectivity index is 2.26. The Morgan fingerprint density at radius 1 is 1.10 bits per heavy atom. The minimum Gasteiger partial charge on any atom is -0.376 e. The molecule has 0 saturated carbocycles. The quantitative estimate of drug-likeness (QED) is 0.694. The maximum atomic E-state index is 12.5. The van der Waals surface area contributed by atoms with E-state index in [9.17, 15) is 4.57 Å². The zero-order valence-corrected chi connectivity index (χ0v) is 13.2. The van der Waals surface area contributed by atoms with Crippen molar-refractivity contribution in [3.63, 3.8) is 0 Å². The molecule has 2 aliphatic heterocycles. The second-order valence-corrected chi connectivity index (χ2v) is 6.94. The Kier molecular flexibility index (Phi) is 5.20. The fraction of sp³-hybridized carbons (Fsp3) is 1.00. The fourth-order valence-electron chi connectivity index (χ4n) is 2.64. The van der Waals surface area contributed by atoms with Gasteiger partial charge in [0.15, 0.2) is 6.29 Å². The van der Waals surface area contributed by atoms with Crippen LogP contribution in [0.3, 0.4) is 0 Å². The van der Waals surface area contributed by atoms with Gasteiger partial charge in [-0.15, -0.1) is 0 Å². The third-order valence-electron chi connectivity index (χ3n) is 3.72. The molecule has 2 heterocycles. The minimum atomic E-state index is -3.31. The van der Waals surface area contributed by atoms with Crippen LogP contribution >= 0.6 is 7.75 Å². The van der Waals surface area contributed by atoms with Gasteiger partial charge >= 0.3 is 7.75 Å². The number of likely N-dealkylation sites (N-methyl/N-ethyl adjacent to an activating group) is 1. The van der Waals surface area contributed by atoms with Gasteiger partial charge in [0.2, 0.25) is 0 Å². The first kappa shape index (κ1) is 16.3. The highest BCUT2D eigenvalue weighted by atomic mass is 31.2. The number of hydrogen-bond acceptors (Lipinski definition) is 7. The van der Waals surface area contributed by atoms with Crippen LogP contribution in [0, 0.1) is 0 Å². The monoisotopic (exact) mass is 311 g/mol. The predicted octanol–water partition coefficient (Wildman–Crippen LogP) is 0.473. The van der Waals surface area contributed by atoms with E-state index in [-0.39, 0.29) is 6.10 Å². The van der Waals surface area contributed by atoms with Crippen molar-refractivity contribution in [1.29, 1.82) is 0 Å². The zero-order valence-electron chi connectivity index (χ0n) is 12.3. The van der Waals surface area contributed by atoms with Crippen molar-refractivity contribution in [2.75, 3.05) is 42.0 Å². The smallest absolute Gasteiger partial charge is 0.376 e. The molecule has 0 amide bonds. The van der Waals surface area contributed by atoms with Crippen LogP contribution < -0.4 is 0 Å². The Morgan fingerprint density at radius 2 is 1.75 bits per heavy atom. The van der Waals surface area contributed by atoms with Crippen LogP contribution in [-0.4, -0.2) is 77.4 Å². The molecule has 0 aromatic carbocycles. The van der Waals surface area contributed by atoms with E-state index in [1.807, 2.05) is 0 Å². The molecule has 0 N–H and O–H groups in total. The molecule has 2 rings (SSSR count). The molecule has 0 bridgehead atoms. The lowest BCUT2D eigenvalue weighted by Gasteiger charge is -2.49. The highest BCUT2D eigenvalue weighted by molar-refractivity contribution is 7.51. The van der Waals surface area contributed by atoms with Crippen molar-refractivity contribution in [3.8, 4) is 0 Å². The van der Waals surface area contributed by atoms with Gasteiger partial charge < -0.3 is 18.9 Å². The molecule has 0 aromatic rings. The average molecular weight is 311 g/mol. The Morgan fingerprint density at radius 3 is 2.25 bits per heavy atom. The van der Waals surface area contributed by atoms with Gasteiger partial charge in [0.05, 0.1) is 0 Å². The molecule has 0 unspecified atom stereocenters. The van der Waals surface area contributed by atoms with Crippen molar-refractivity contribution in [2.24, 2.45) is 0 Å². The number of ether oxygens (including phenoxy) is 4. The van der Waals surface area contributed by atoms with E-state index in [0.717, 1.165) is 0 Å². The maximum Gasteiger partial charge on any atom is 0.408 e. The number of rotatable bonds is 4. The van der Waals surface area contributed by atoms with Gasteiger partial charge in [-0.1, -0.05) is 0 Å². The summed E-state index contributed by atoms with van der Waals surface area (Å²) in [5, 5.41) is 0. The maximum absolute atomic E-state index is 12.5. The lowest BCUT2D eigenvalue weighted by molar-refractivity contribution is -0.301. The molecule has 2 fully saturated rings. The van der Waals surface area contributed by atoms with Crippen LogP contribution in [0.2, 0.25) is 0 Å². The molecule has 0 radical (unpaired) electrons. The molecule has 118 valence electrons. The van der Waals surface area contributed by atoms with Crippen LogP contribution in [-0.2, 0) is 32.6 Å². The first-order valence-corrected chi connectivity index (χ1v) is 7.80. The highest BCUT2D eigenvalue weighted by Crippen LogP contribution is 2.56. The Hall–Kier alpha value is -0.0500. The van der Waals surface area contributed by atoms with Gasteiger partial charge in [0.25, 0.3) is 0 Å². The van der Waals surface area contributed by atoms with Gasteiger partial charge in [0.1, 0.15) is 24.4 Å². The van der Waals surface area contributed by atoms with E-state index >= 15 is 0 Å². The summed E-state index contributed by atoms with van der Waals surface area (Å²) in [7, 11) is 4.33. The first-order valence-electron chi connectivity index (χ1n) is 6.30.